The van der Waals surface area contributed by atoms with E-state index in [-0.39, 0.29) is 11.8 Å². The fourth-order valence-electron chi connectivity index (χ4n) is 1.95. The Hall–Kier alpha value is -1.72. The van der Waals surface area contributed by atoms with Gasteiger partial charge in [-0.2, -0.15) is 0 Å². The van der Waals surface area contributed by atoms with Gasteiger partial charge in [0.25, 0.3) is 0 Å². The number of benzene rings is 2. The quantitative estimate of drug-likeness (QED) is 0.902. The lowest BCUT2D eigenvalue weighted by Gasteiger charge is -2.14. The molecule has 6 heteroatoms. The lowest BCUT2D eigenvalue weighted by molar-refractivity contribution is -0.274. The molecule has 1 atom stereocenters. The van der Waals surface area contributed by atoms with Crippen molar-refractivity contribution in [3.63, 3.8) is 0 Å². The van der Waals surface area contributed by atoms with E-state index in [0.29, 0.717) is 11.4 Å². The van der Waals surface area contributed by atoms with Crippen LogP contribution in [0.3, 0.4) is 0 Å². The van der Waals surface area contributed by atoms with Crippen LogP contribution in [0.15, 0.2) is 48.5 Å². The normalized spacial score (nSPS) is 13.0. The van der Waals surface area contributed by atoms with E-state index >= 15 is 0 Å². The van der Waals surface area contributed by atoms with Crippen molar-refractivity contribution in [2.45, 2.75) is 18.8 Å². The molecule has 0 heterocycles. The zero-order valence-electron chi connectivity index (χ0n) is 10.9. The molecule has 0 aliphatic rings. The Kier molecular flexibility index (Phi) is 4.75. The van der Waals surface area contributed by atoms with E-state index in [0.717, 1.165) is 11.1 Å². The highest BCUT2D eigenvalue weighted by molar-refractivity contribution is 6.30. The second-order valence-corrected chi connectivity index (χ2v) is 4.99. The van der Waals surface area contributed by atoms with Gasteiger partial charge in [0, 0.05) is 11.1 Å². The molecule has 0 aliphatic heterocycles. The van der Waals surface area contributed by atoms with E-state index in [4.69, 9.17) is 17.3 Å². The molecule has 0 fully saturated rings. The van der Waals surface area contributed by atoms with Crippen molar-refractivity contribution >= 4 is 11.6 Å². The third-order valence-electron chi connectivity index (χ3n) is 2.89. The monoisotopic (exact) mass is 315 g/mol. The molecule has 2 nitrogen and oxygen atoms in total. The number of nitrogens with two attached hydrogens (primary N) is 1. The molecule has 1 unspecified atom stereocenters. The first kappa shape index (κ1) is 15.7. The first-order valence-corrected chi connectivity index (χ1v) is 6.57. The number of hydrogen-bond donors (Lipinski definition) is 1. The number of alkyl halides is 3. The van der Waals surface area contributed by atoms with Gasteiger partial charge in [0.15, 0.2) is 0 Å². The number of rotatable bonds is 4. The van der Waals surface area contributed by atoms with Crippen LogP contribution in [-0.2, 0) is 6.42 Å². The molecule has 0 bridgehead atoms. The lowest BCUT2D eigenvalue weighted by atomic mass is 10.00. The van der Waals surface area contributed by atoms with Gasteiger partial charge in [0.1, 0.15) is 5.75 Å². The average molecular weight is 316 g/mol. The van der Waals surface area contributed by atoms with Gasteiger partial charge in [-0.15, -0.1) is 13.2 Å². The largest absolute Gasteiger partial charge is 0.573 e. The number of hydrogen-bond acceptors (Lipinski definition) is 2. The number of ether oxygens (including phenoxy) is 1. The van der Waals surface area contributed by atoms with Gasteiger partial charge in [0.2, 0.25) is 0 Å². The average Bonchev–Trinajstić information content (AvgIpc) is 2.37. The van der Waals surface area contributed by atoms with Gasteiger partial charge < -0.3 is 10.5 Å². The molecule has 0 spiro atoms. The fraction of sp³-hybridized carbons (Fsp3) is 0.200. The second kappa shape index (κ2) is 6.37. The molecule has 2 N–H and O–H groups in total. The van der Waals surface area contributed by atoms with E-state index in [1.54, 1.807) is 6.07 Å². The third-order valence-corrected chi connectivity index (χ3v) is 3.12. The van der Waals surface area contributed by atoms with Crippen molar-refractivity contribution in [3.05, 3.63) is 64.7 Å². The highest BCUT2D eigenvalue weighted by Crippen LogP contribution is 2.25. The van der Waals surface area contributed by atoms with Crippen LogP contribution in [0, 0.1) is 0 Å². The molecule has 2 aromatic rings. The Balaban J connectivity index is 2.04. The van der Waals surface area contributed by atoms with E-state index in [9.17, 15) is 13.2 Å². The minimum absolute atomic E-state index is 0.263. The van der Waals surface area contributed by atoms with Gasteiger partial charge >= 0.3 is 6.36 Å². The molecule has 0 aromatic heterocycles. The van der Waals surface area contributed by atoms with Gasteiger partial charge in [-0.25, -0.2) is 0 Å². The molecule has 2 rings (SSSR count). The molecular weight excluding hydrogens is 303 g/mol. The van der Waals surface area contributed by atoms with Crippen molar-refractivity contribution in [2.24, 2.45) is 5.73 Å². The first-order chi connectivity index (χ1) is 9.83. The Bertz CT molecular complexity index is 599. The summed E-state index contributed by atoms with van der Waals surface area (Å²) in [6.45, 7) is 0. The molecule has 0 radical (unpaired) electrons. The Morgan fingerprint density at radius 3 is 2.33 bits per heavy atom. The second-order valence-electron chi connectivity index (χ2n) is 4.56. The van der Waals surface area contributed by atoms with Crippen molar-refractivity contribution in [1.29, 1.82) is 0 Å². The maximum absolute atomic E-state index is 12.1. The summed E-state index contributed by atoms with van der Waals surface area (Å²) < 4.78 is 40.0. The predicted molar refractivity (Wildman–Crippen MR) is 75.2 cm³/mol. The standard InChI is InChI=1S/C15H13ClF3NO/c16-12-3-1-2-10(8-12)9-14(20)11-4-6-13(7-5-11)21-15(17,18)19/h1-8,14H,9,20H2. The highest BCUT2D eigenvalue weighted by atomic mass is 35.5. The van der Waals surface area contributed by atoms with Crippen LogP contribution in [0.4, 0.5) is 13.2 Å². The Labute approximate surface area is 125 Å². The summed E-state index contributed by atoms with van der Waals surface area (Å²) in [5.41, 5.74) is 7.74. The smallest absolute Gasteiger partial charge is 0.406 e. The zero-order chi connectivity index (χ0) is 15.5. The van der Waals surface area contributed by atoms with Crippen molar-refractivity contribution in [2.75, 3.05) is 0 Å². The topological polar surface area (TPSA) is 35.2 Å². The van der Waals surface area contributed by atoms with Crippen molar-refractivity contribution < 1.29 is 17.9 Å². The molecule has 0 saturated carbocycles. The summed E-state index contributed by atoms with van der Waals surface area (Å²) in [5.74, 6) is -0.263. The maximum atomic E-state index is 12.1. The van der Waals surface area contributed by atoms with Crippen LogP contribution in [0.5, 0.6) is 5.75 Å². The van der Waals surface area contributed by atoms with Crippen molar-refractivity contribution in [3.8, 4) is 5.75 Å². The zero-order valence-corrected chi connectivity index (χ0v) is 11.7. The van der Waals surface area contributed by atoms with Gasteiger partial charge in [-0.05, 0) is 41.8 Å². The summed E-state index contributed by atoms with van der Waals surface area (Å²) >= 11 is 5.89. The minimum atomic E-state index is -4.69. The Morgan fingerprint density at radius 2 is 1.76 bits per heavy atom. The minimum Gasteiger partial charge on any atom is -0.406 e. The van der Waals surface area contributed by atoms with Gasteiger partial charge in [0.05, 0.1) is 0 Å². The van der Waals surface area contributed by atoms with E-state index in [1.807, 2.05) is 18.2 Å². The highest BCUT2D eigenvalue weighted by Gasteiger charge is 2.31. The summed E-state index contributed by atoms with van der Waals surface area (Å²) in [4.78, 5) is 0. The number of halogens is 4. The SMILES string of the molecule is NC(Cc1cccc(Cl)c1)c1ccc(OC(F)(F)F)cc1. The molecule has 0 aliphatic carbocycles. The van der Waals surface area contributed by atoms with Crippen molar-refractivity contribution in [1.82, 2.24) is 0 Å². The Morgan fingerprint density at radius 1 is 1.10 bits per heavy atom. The summed E-state index contributed by atoms with van der Waals surface area (Å²) in [7, 11) is 0. The summed E-state index contributed by atoms with van der Waals surface area (Å²) in [5, 5.41) is 0.619. The van der Waals surface area contributed by atoms with Crippen LogP contribution >= 0.6 is 11.6 Å². The van der Waals surface area contributed by atoms with Crippen LogP contribution in [0.25, 0.3) is 0 Å². The van der Waals surface area contributed by atoms with Gasteiger partial charge in [-0.1, -0.05) is 35.9 Å². The van der Waals surface area contributed by atoms with E-state index in [2.05, 4.69) is 4.74 Å². The third kappa shape index (κ3) is 4.95. The fourth-order valence-corrected chi connectivity index (χ4v) is 2.17. The van der Waals surface area contributed by atoms with Crippen LogP contribution in [0.1, 0.15) is 17.2 Å². The molecule has 112 valence electrons. The first-order valence-electron chi connectivity index (χ1n) is 6.19. The molecule has 21 heavy (non-hydrogen) atoms. The van der Waals surface area contributed by atoms with Crippen LogP contribution in [-0.4, -0.2) is 6.36 Å². The maximum Gasteiger partial charge on any atom is 0.573 e. The van der Waals surface area contributed by atoms with Crippen LogP contribution in [0.2, 0.25) is 5.02 Å². The lowest BCUT2D eigenvalue weighted by Crippen LogP contribution is -2.17. The van der Waals surface area contributed by atoms with E-state index in [1.165, 1.54) is 24.3 Å². The predicted octanol–water partition coefficient (Wildman–Crippen LogP) is 4.48. The van der Waals surface area contributed by atoms with E-state index < -0.39 is 6.36 Å². The van der Waals surface area contributed by atoms with Crippen LogP contribution < -0.4 is 10.5 Å². The molecular formula is C15H13ClF3NO. The molecule has 2 aromatic carbocycles. The molecule has 0 amide bonds. The summed E-state index contributed by atoms with van der Waals surface area (Å²) in [6, 6.07) is 12.5. The summed E-state index contributed by atoms with van der Waals surface area (Å²) in [6.07, 6.45) is -4.15. The van der Waals surface area contributed by atoms with Gasteiger partial charge in [-0.3, -0.25) is 0 Å². The molecule has 0 saturated heterocycles.